The normalized spacial score (nSPS) is 11.1. The molecule has 0 spiro atoms. The monoisotopic (exact) mass is 333 g/mol. The van der Waals surface area contributed by atoms with Crippen LogP contribution in [-0.4, -0.2) is 14.5 Å². The van der Waals surface area contributed by atoms with Crippen molar-refractivity contribution < 1.29 is 4.39 Å². The highest BCUT2D eigenvalue weighted by atomic mass is 19.1. The van der Waals surface area contributed by atoms with E-state index in [1.165, 1.54) is 12.1 Å². The maximum absolute atomic E-state index is 13.2. The van der Waals surface area contributed by atoms with Crippen LogP contribution in [0.15, 0.2) is 54.6 Å². The lowest BCUT2D eigenvalue weighted by Gasteiger charge is -2.13. The van der Waals surface area contributed by atoms with Crippen LogP contribution >= 0.6 is 0 Å². The van der Waals surface area contributed by atoms with Crippen molar-refractivity contribution in [3.8, 4) is 16.9 Å². The SMILES string of the molecule is Cc1nc2ccccc2n1-c1cc(N)c(-c2ccc(F)cc2)c(N)n1. The molecule has 4 N–H and O–H groups in total. The number of benzene rings is 2. The summed E-state index contributed by atoms with van der Waals surface area (Å²) in [5, 5.41) is 0. The summed E-state index contributed by atoms with van der Waals surface area (Å²) < 4.78 is 15.1. The zero-order chi connectivity index (χ0) is 17.6. The van der Waals surface area contributed by atoms with Crippen LogP contribution in [0.4, 0.5) is 15.9 Å². The number of nitrogens with two attached hydrogens (primary N) is 2. The van der Waals surface area contributed by atoms with Crippen LogP contribution in [0.25, 0.3) is 28.0 Å². The Kier molecular flexibility index (Phi) is 3.39. The highest BCUT2D eigenvalue weighted by Gasteiger charge is 2.15. The molecule has 0 radical (unpaired) electrons. The van der Waals surface area contributed by atoms with E-state index in [1.807, 2.05) is 35.8 Å². The van der Waals surface area contributed by atoms with E-state index in [0.717, 1.165) is 22.4 Å². The Bertz CT molecular complexity index is 1060. The molecule has 2 heterocycles. The second kappa shape index (κ2) is 5.59. The number of nitrogen functional groups attached to an aromatic ring is 2. The van der Waals surface area contributed by atoms with Crippen molar-refractivity contribution >= 4 is 22.5 Å². The number of rotatable bonds is 2. The third-order valence-electron chi connectivity index (χ3n) is 4.15. The Hall–Kier alpha value is -3.41. The molecular weight excluding hydrogens is 317 g/mol. The van der Waals surface area contributed by atoms with E-state index in [4.69, 9.17) is 11.5 Å². The summed E-state index contributed by atoms with van der Waals surface area (Å²) in [7, 11) is 0. The number of aromatic nitrogens is 3. The summed E-state index contributed by atoms with van der Waals surface area (Å²) in [5.74, 6) is 1.37. The highest BCUT2D eigenvalue weighted by molar-refractivity contribution is 5.86. The minimum absolute atomic E-state index is 0.291. The van der Waals surface area contributed by atoms with E-state index in [1.54, 1.807) is 18.2 Å². The first-order valence-corrected chi connectivity index (χ1v) is 7.81. The zero-order valence-corrected chi connectivity index (χ0v) is 13.6. The molecule has 0 atom stereocenters. The summed E-state index contributed by atoms with van der Waals surface area (Å²) in [6.07, 6.45) is 0. The van der Waals surface area contributed by atoms with Crippen molar-refractivity contribution in [3.05, 3.63) is 66.2 Å². The van der Waals surface area contributed by atoms with Gasteiger partial charge in [0.2, 0.25) is 0 Å². The highest BCUT2D eigenvalue weighted by Crippen LogP contribution is 2.33. The number of hydrogen-bond acceptors (Lipinski definition) is 4. The number of para-hydroxylation sites is 2. The molecule has 0 saturated carbocycles. The van der Waals surface area contributed by atoms with Crippen molar-refractivity contribution in [2.75, 3.05) is 11.5 Å². The Balaban J connectivity index is 1.90. The van der Waals surface area contributed by atoms with Crippen LogP contribution in [0, 0.1) is 12.7 Å². The van der Waals surface area contributed by atoms with Gasteiger partial charge in [0, 0.05) is 17.3 Å². The molecule has 0 saturated heterocycles. The summed E-state index contributed by atoms with van der Waals surface area (Å²) in [5.41, 5.74) is 16.0. The number of anilines is 2. The Morgan fingerprint density at radius 2 is 1.68 bits per heavy atom. The second-order valence-electron chi connectivity index (χ2n) is 5.82. The van der Waals surface area contributed by atoms with Gasteiger partial charge in [0.25, 0.3) is 0 Å². The van der Waals surface area contributed by atoms with Gasteiger partial charge in [-0.3, -0.25) is 4.57 Å². The molecule has 0 fully saturated rings. The van der Waals surface area contributed by atoms with Gasteiger partial charge in [0.1, 0.15) is 23.3 Å². The molecule has 0 bridgehead atoms. The molecule has 5 nitrogen and oxygen atoms in total. The molecule has 0 aliphatic carbocycles. The molecule has 124 valence electrons. The predicted octanol–water partition coefficient (Wildman–Crippen LogP) is 3.70. The maximum Gasteiger partial charge on any atom is 0.143 e. The van der Waals surface area contributed by atoms with Crippen molar-refractivity contribution in [1.82, 2.24) is 14.5 Å². The number of pyridine rings is 1. The lowest BCUT2D eigenvalue weighted by molar-refractivity contribution is 0.628. The molecule has 2 aromatic carbocycles. The summed E-state index contributed by atoms with van der Waals surface area (Å²) >= 11 is 0. The zero-order valence-electron chi connectivity index (χ0n) is 13.6. The molecule has 4 rings (SSSR count). The number of hydrogen-bond donors (Lipinski definition) is 2. The molecule has 4 aromatic rings. The van der Waals surface area contributed by atoms with Crippen molar-refractivity contribution in [2.24, 2.45) is 0 Å². The fourth-order valence-electron chi connectivity index (χ4n) is 3.05. The van der Waals surface area contributed by atoms with E-state index < -0.39 is 0 Å². The average Bonchev–Trinajstić information content (AvgIpc) is 2.91. The van der Waals surface area contributed by atoms with Crippen molar-refractivity contribution in [3.63, 3.8) is 0 Å². The molecule has 0 unspecified atom stereocenters. The first-order chi connectivity index (χ1) is 12.0. The Morgan fingerprint density at radius 3 is 2.40 bits per heavy atom. The fraction of sp³-hybridized carbons (Fsp3) is 0.0526. The first-order valence-electron chi connectivity index (χ1n) is 7.81. The third-order valence-corrected chi connectivity index (χ3v) is 4.15. The molecule has 25 heavy (non-hydrogen) atoms. The smallest absolute Gasteiger partial charge is 0.143 e. The Morgan fingerprint density at radius 1 is 0.960 bits per heavy atom. The third kappa shape index (κ3) is 2.48. The van der Waals surface area contributed by atoms with E-state index in [9.17, 15) is 4.39 Å². The van der Waals surface area contributed by atoms with E-state index in [0.29, 0.717) is 22.9 Å². The van der Waals surface area contributed by atoms with Crippen LogP contribution in [0.3, 0.4) is 0 Å². The van der Waals surface area contributed by atoms with Crippen molar-refractivity contribution in [2.45, 2.75) is 6.92 Å². The van der Waals surface area contributed by atoms with Crippen LogP contribution in [-0.2, 0) is 0 Å². The largest absolute Gasteiger partial charge is 0.398 e. The van der Waals surface area contributed by atoms with E-state index >= 15 is 0 Å². The van der Waals surface area contributed by atoms with Gasteiger partial charge in [-0.05, 0) is 36.8 Å². The second-order valence-corrected chi connectivity index (χ2v) is 5.82. The van der Waals surface area contributed by atoms with Crippen LogP contribution < -0.4 is 11.5 Å². The lowest BCUT2D eigenvalue weighted by atomic mass is 10.0. The van der Waals surface area contributed by atoms with Gasteiger partial charge in [-0.25, -0.2) is 14.4 Å². The average molecular weight is 333 g/mol. The molecule has 2 aromatic heterocycles. The molecule has 0 aliphatic rings. The van der Waals surface area contributed by atoms with Gasteiger partial charge < -0.3 is 11.5 Å². The molecule has 6 heteroatoms. The number of fused-ring (bicyclic) bond motifs is 1. The van der Waals surface area contributed by atoms with E-state index in [2.05, 4.69) is 9.97 Å². The van der Waals surface area contributed by atoms with Gasteiger partial charge in [-0.15, -0.1) is 0 Å². The standard InChI is InChI=1S/C19H16FN5/c1-11-23-15-4-2-3-5-16(15)25(11)17-10-14(21)18(19(22)24-17)12-6-8-13(20)9-7-12/h2-10H,1H3,(H4,21,22,24). The summed E-state index contributed by atoms with van der Waals surface area (Å²) in [6.45, 7) is 1.90. The topological polar surface area (TPSA) is 82.8 Å². The Labute approximate surface area is 143 Å². The van der Waals surface area contributed by atoms with Gasteiger partial charge in [0.05, 0.1) is 11.0 Å². The summed E-state index contributed by atoms with van der Waals surface area (Å²) in [4.78, 5) is 9.05. The number of imidazole rings is 1. The summed E-state index contributed by atoms with van der Waals surface area (Å²) in [6, 6.07) is 15.6. The fourth-order valence-corrected chi connectivity index (χ4v) is 3.05. The van der Waals surface area contributed by atoms with Crippen molar-refractivity contribution in [1.29, 1.82) is 0 Å². The lowest BCUT2D eigenvalue weighted by Crippen LogP contribution is -2.06. The number of aryl methyl sites for hydroxylation is 1. The van der Waals surface area contributed by atoms with Crippen LogP contribution in [0.1, 0.15) is 5.82 Å². The predicted molar refractivity (Wildman–Crippen MR) is 97.8 cm³/mol. The molecule has 0 aliphatic heterocycles. The van der Waals surface area contributed by atoms with Gasteiger partial charge in [-0.2, -0.15) is 0 Å². The van der Waals surface area contributed by atoms with Crippen LogP contribution in [0.2, 0.25) is 0 Å². The number of halogens is 1. The molecular formula is C19H16FN5. The first kappa shape index (κ1) is 15.1. The van der Waals surface area contributed by atoms with Crippen LogP contribution in [0.5, 0.6) is 0 Å². The maximum atomic E-state index is 13.2. The van der Waals surface area contributed by atoms with Gasteiger partial charge in [0.15, 0.2) is 0 Å². The van der Waals surface area contributed by atoms with Gasteiger partial charge in [-0.1, -0.05) is 24.3 Å². The molecule has 0 amide bonds. The van der Waals surface area contributed by atoms with Gasteiger partial charge >= 0.3 is 0 Å². The number of nitrogens with zero attached hydrogens (tertiary/aromatic N) is 3. The minimum atomic E-state index is -0.314. The van der Waals surface area contributed by atoms with E-state index in [-0.39, 0.29) is 5.82 Å². The minimum Gasteiger partial charge on any atom is -0.398 e. The quantitative estimate of drug-likeness (QED) is 0.586.